The van der Waals surface area contributed by atoms with Crippen molar-refractivity contribution in [3.05, 3.63) is 23.2 Å². The van der Waals surface area contributed by atoms with Crippen LogP contribution in [0.2, 0.25) is 5.02 Å². The van der Waals surface area contributed by atoms with Gasteiger partial charge in [0.1, 0.15) is 0 Å². The molecule has 2 N–H and O–H groups in total. The zero-order chi connectivity index (χ0) is 16.0. The number of halogens is 1. The molecule has 1 heterocycles. The van der Waals surface area contributed by atoms with Crippen LogP contribution in [0.25, 0.3) is 0 Å². The highest BCUT2D eigenvalue weighted by Gasteiger charge is 2.48. The Hall–Kier alpha value is -1.44. The lowest BCUT2D eigenvalue weighted by atomic mass is 9.86. The van der Waals surface area contributed by atoms with E-state index in [9.17, 15) is 18.0 Å². The summed E-state index contributed by atoms with van der Waals surface area (Å²) in [5, 5.41) is 5.00. The van der Waals surface area contributed by atoms with Gasteiger partial charge >= 0.3 is 0 Å². The molecule has 1 aromatic rings. The van der Waals surface area contributed by atoms with Crippen LogP contribution >= 0.6 is 11.6 Å². The van der Waals surface area contributed by atoms with Crippen LogP contribution < -0.4 is 10.0 Å². The van der Waals surface area contributed by atoms with Crippen LogP contribution in [0.3, 0.4) is 0 Å². The maximum Gasteiger partial charge on any atom is 0.240 e. The fraction of sp³-hybridized carbons (Fsp3) is 0.385. The summed E-state index contributed by atoms with van der Waals surface area (Å²) in [6.45, 7) is 3.56. The van der Waals surface area contributed by atoms with Crippen molar-refractivity contribution in [1.82, 2.24) is 0 Å². The predicted octanol–water partition coefficient (Wildman–Crippen LogP) is 1.67. The van der Waals surface area contributed by atoms with E-state index in [4.69, 9.17) is 16.7 Å². The standard InChI is InChI=1S/C13H15ClN2O4S/c1-3-13(2)7-11(17)16(12(13)18)10-5-4-8(6-9(10)14)21(15,19)20/h4-6H,3,7H2,1-2H3,(H2,15,19,20). The minimum absolute atomic E-state index is 0.0106. The fourth-order valence-corrected chi connectivity index (χ4v) is 3.11. The van der Waals surface area contributed by atoms with E-state index in [0.29, 0.717) is 6.42 Å². The number of carbonyl (C=O) groups excluding carboxylic acids is 2. The first kappa shape index (κ1) is 15.9. The van der Waals surface area contributed by atoms with E-state index >= 15 is 0 Å². The smallest absolute Gasteiger partial charge is 0.240 e. The van der Waals surface area contributed by atoms with E-state index < -0.39 is 15.4 Å². The first-order valence-corrected chi connectivity index (χ1v) is 8.22. The fourth-order valence-electron chi connectivity index (χ4n) is 2.24. The monoisotopic (exact) mass is 330 g/mol. The van der Waals surface area contributed by atoms with E-state index in [2.05, 4.69) is 0 Å². The number of nitrogens with two attached hydrogens (primary N) is 1. The third-order valence-corrected chi connectivity index (χ3v) is 4.99. The molecule has 1 aliphatic rings. The Morgan fingerprint density at radius 3 is 2.43 bits per heavy atom. The van der Waals surface area contributed by atoms with Crippen LogP contribution in [0.1, 0.15) is 26.7 Å². The van der Waals surface area contributed by atoms with Gasteiger partial charge in [-0.1, -0.05) is 25.4 Å². The van der Waals surface area contributed by atoms with Crippen LogP contribution in [0.5, 0.6) is 0 Å². The van der Waals surface area contributed by atoms with Crippen molar-refractivity contribution in [2.75, 3.05) is 4.90 Å². The number of anilines is 1. The van der Waals surface area contributed by atoms with E-state index in [1.807, 2.05) is 6.92 Å². The molecule has 21 heavy (non-hydrogen) atoms. The number of rotatable bonds is 3. The molecule has 0 radical (unpaired) electrons. The molecule has 6 nitrogen and oxygen atoms in total. The normalized spacial score (nSPS) is 23.0. The second-order valence-corrected chi connectivity index (χ2v) is 7.25. The Balaban J connectivity index is 2.49. The Kier molecular flexibility index (Phi) is 3.86. The van der Waals surface area contributed by atoms with E-state index in [1.54, 1.807) is 6.92 Å². The number of sulfonamides is 1. The molecule has 0 aromatic heterocycles. The highest BCUT2D eigenvalue weighted by atomic mass is 35.5. The largest absolute Gasteiger partial charge is 0.274 e. The average Bonchev–Trinajstić information content (AvgIpc) is 2.60. The van der Waals surface area contributed by atoms with Gasteiger partial charge in [0.25, 0.3) is 0 Å². The molecule has 8 heteroatoms. The van der Waals surface area contributed by atoms with Gasteiger partial charge in [0, 0.05) is 6.42 Å². The molecule has 1 unspecified atom stereocenters. The van der Waals surface area contributed by atoms with E-state index in [-0.39, 0.29) is 33.8 Å². The van der Waals surface area contributed by atoms with Crippen molar-refractivity contribution in [3.63, 3.8) is 0 Å². The third-order valence-electron chi connectivity index (χ3n) is 3.78. The number of benzene rings is 1. The Labute approximate surface area is 127 Å². The molecule has 1 atom stereocenters. The van der Waals surface area contributed by atoms with Crippen molar-refractivity contribution in [3.8, 4) is 0 Å². The summed E-state index contributed by atoms with van der Waals surface area (Å²) in [6, 6.07) is 3.67. The predicted molar refractivity (Wildman–Crippen MR) is 78.3 cm³/mol. The molecule has 1 saturated heterocycles. The molecule has 0 spiro atoms. The van der Waals surface area contributed by atoms with Gasteiger partial charge in [0.05, 0.1) is 21.0 Å². The van der Waals surface area contributed by atoms with Crippen LogP contribution in [0, 0.1) is 5.41 Å². The highest BCUT2D eigenvalue weighted by Crippen LogP contribution is 2.40. The maximum atomic E-state index is 12.4. The topological polar surface area (TPSA) is 97.5 Å². The summed E-state index contributed by atoms with van der Waals surface area (Å²) < 4.78 is 22.5. The Morgan fingerprint density at radius 1 is 1.38 bits per heavy atom. The van der Waals surface area contributed by atoms with Gasteiger partial charge in [-0.2, -0.15) is 0 Å². The molecular weight excluding hydrogens is 316 g/mol. The van der Waals surface area contributed by atoms with Crippen molar-refractivity contribution < 1.29 is 18.0 Å². The molecule has 2 amide bonds. The summed E-state index contributed by atoms with van der Waals surface area (Å²) >= 11 is 6.02. The zero-order valence-electron chi connectivity index (χ0n) is 11.6. The lowest BCUT2D eigenvalue weighted by Gasteiger charge is -2.21. The van der Waals surface area contributed by atoms with E-state index in [0.717, 1.165) is 11.0 Å². The number of primary sulfonamides is 1. The number of amides is 2. The Bertz CT molecular complexity index is 732. The van der Waals surface area contributed by atoms with Crippen LogP contribution in [0.15, 0.2) is 23.1 Å². The molecule has 2 rings (SSSR count). The molecular formula is C13H15ClN2O4S. The lowest BCUT2D eigenvalue weighted by Crippen LogP contribution is -2.34. The van der Waals surface area contributed by atoms with Crippen molar-refractivity contribution in [2.45, 2.75) is 31.6 Å². The SMILES string of the molecule is CCC1(C)CC(=O)N(c2ccc(S(N)(=O)=O)cc2Cl)C1=O. The number of nitrogens with zero attached hydrogens (tertiary/aromatic N) is 1. The minimum atomic E-state index is -3.89. The van der Waals surface area contributed by atoms with Gasteiger partial charge in [-0.3, -0.25) is 9.59 Å². The first-order chi connectivity index (χ1) is 9.60. The number of hydrogen-bond acceptors (Lipinski definition) is 4. The van der Waals surface area contributed by atoms with Gasteiger partial charge < -0.3 is 0 Å². The minimum Gasteiger partial charge on any atom is -0.274 e. The van der Waals surface area contributed by atoms with Crippen LogP contribution in [-0.2, 0) is 19.6 Å². The number of carbonyl (C=O) groups is 2. The van der Waals surface area contributed by atoms with Gasteiger partial charge in [0.2, 0.25) is 21.8 Å². The summed E-state index contributed by atoms with van der Waals surface area (Å²) in [4.78, 5) is 25.3. The third kappa shape index (κ3) is 2.68. The van der Waals surface area contributed by atoms with Gasteiger partial charge in [0.15, 0.2) is 0 Å². The second kappa shape index (κ2) is 5.08. The zero-order valence-corrected chi connectivity index (χ0v) is 13.2. The van der Waals surface area contributed by atoms with Crippen molar-refractivity contribution in [2.24, 2.45) is 10.6 Å². The lowest BCUT2D eigenvalue weighted by molar-refractivity contribution is -0.125. The van der Waals surface area contributed by atoms with Gasteiger partial charge in [-0.25, -0.2) is 18.5 Å². The molecule has 0 aliphatic carbocycles. The number of imide groups is 1. The van der Waals surface area contributed by atoms with Crippen LogP contribution in [0.4, 0.5) is 5.69 Å². The molecule has 1 aliphatic heterocycles. The van der Waals surface area contributed by atoms with Gasteiger partial charge in [-0.15, -0.1) is 0 Å². The average molecular weight is 331 g/mol. The summed E-state index contributed by atoms with van der Waals surface area (Å²) in [5.74, 6) is -0.685. The van der Waals surface area contributed by atoms with Crippen LogP contribution in [-0.4, -0.2) is 20.2 Å². The molecule has 1 fully saturated rings. The Morgan fingerprint density at radius 2 is 2.00 bits per heavy atom. The first-order valence-electron chi connectivity index (χ1n) is 6.30. The molecule has 0 saturated carbocycles. The van der Waals surface area contributed by atoms with E-state index in [1.165, 1.54) is 12.1 Å². The molecule has 0 bridgehead atoms. The van der Waals surface area contributed by atoms with Gasteiger partial charge in [-0.05, 0) is 24.6 Å². The quantitative estimate of drug-likeness (QED) is 0.852. The number of hydrogen-bond donors (Lipinski definition) is 1. The van der Waals surface area contributed by atoms with Crippen molar-refractivity contribution >= 4 is 39.1 Å². The second-order valence-electron chi connectivity index (χ2n) is 5.28. The molecule has 1 aromatic carbocycles. The summed E-state index contributed by atoms with van der Waals surface area (Å²) in [7, 11) is -3.89. The molecule has 114 valence electrons. The summed E-state index contributed by atoms with van der Waals surface area (Å²) in [6.07, 6.45) is 0.635. The highest BCUT2D eigenvalue weighted by molar-refractivity contribution is 7.89. The van der Waals surface area contributed by atoms with Crippen molar-refractivity contribution in [1.29, 1.82) is 0 Å². The summed E-state index contributed by atoms with van der Waals surface area (Å²) in [5.41, 5.74) is -0.574. The maximum absolute atomic E-state index is 12.4.